The summed E-state index contributed by atoms with van der Waals surface area (Å²) in [5.41, 5.74) is 7.93. The molecule has 1 aromatic carbocycles. The number of hydrogen-bond donors (Lipinski definition) is 3. The molecule has 2 atom stereocenters. The van der Waals surface area contributed by atoms with Crippen molar-refractivity contribution in [3.63, 3.8) is 0 Å². The highest BCUT2D eigenvalue weighted by Crippen LogP contribution is 2.42. The Kier molecular flexibility index (Phi) is 5.93. The average molecular weight is 339 g/mol. The van der Waals surface area contributed by atoms with Gasteiger partial charge in [0.2, 0.25) is 5.91 Å². The summed E-state index contributed by atoms with van der Waals surface area (Å²) in [5, 5.41) is 12.9. The Labute approximate surface area is 144 Å². The zero-order chi connectivity index (χ0) is 15.7. The SMILES string of the molecule is CCc1ccc(O)c(NC(=O)C2CC3CCCC(C2)C3N)c1.Cl. The van der Waals surface area contributed by atoms with Crippen molar-refractivity contribution < 1.29 is 9.90 Å². The van der Waals surface area contributed by atoms with Crippen molar-refractivity contribution in [1.82, 2.24) is 0 Å². The molecule has 3 rings (SSSR count). The van der Waals surface area contributed by atoms with E-state index in [0.29, 0.717) is 17.5 Å². The maximum Gasteiger partial charge on any atom is 0.227 e. The maximum absolute atomic E-state index is 12.6. The zero-order valence-electron chi connectivity index (χ0n) is 13.6. The number of aryl methyl sites for hydroxylation is 1. The second-order valence-electron chi connectivity index (χ2n) is 6.89. The van der Waals surface area contributed by atoms with Crippen molar-refractivity contribution in [3.05, 3.63) is 23.8 Å². The Bertz CT molecular complexity index is 550. The van der Waals surface area contributed by atoms with Crippen LogP contribution in [0.2, 0.25) is 0 Å². The third kappa shape index (κ3) is 3.81. The summed E-state index contributed by atoms with van der Waals surface area (Å²) in [5.74, 6) is 1.17. The second kappa shape index (κ2) is 7.54. The molecule has 0 spiro atoms. The predicted molar refractivity (Wildman–Crippen MR) is 94.9 cm³/mol. The number of benzene rings is 1. The lowest BCUT2D eigenvalue weighted by molar-refractivity contribution is -0.122. The first kappa shape index (κ1) is 18.1. The Morgan fingerprint density at radius 3 is 2.57 bits per heavy atom. The third-order valence-corrected chi connectivity index (χ3v) is 5.51. The van der Waals surface area contributed by atoms with Crippen LogP contribution in [0.5, 0.6) is 5.75 Å². The number of fused-ring (bicyclic) bond motifs is 2. The molecule has 1 amide bonds. The molecule has 23 heavy (non-hydrogen) atoms. The van der Waals surface area contributed by atoms with Gasteiger partial charge in [0.05, 0.1) is 5.69 Å². The number of nitrogens with two attached hydrogens (primary N) is 1. The first-order valence-electron chi connectivity index (χ1n) is 8.46. The monoisotopic (exact) mass is 338 g/mol. The molecule has 4 nitrogen and oxygen atoms in total. The number of nitrogens with one attached hydrogen (secondary N) is 1. The highest BCUT2D eigenvalue weighted by Gasteiger charge is 2.40. The molecule has 0 radical (unpaired) electrons. The zero-order valence-corrected chi connectivity index (χ0v) is 14.4. The summed E-state index contributed by atoms with van der Waals surface area (Å²) in [7, 11) is 0. The van der Waals surface area contributed by atoms with Crippen LogP contribution >= 0.6 is 12.4 Å². The van der Waals surface area contributed by atoms with E-state index in [4.69, 9.17) is 5.73 Å². The summed E-state index contributed by atoms with van der Waals surface area (Å²) < 4.78 is 0. The van der Waals surface area contributed by atoms with E-state index in [1.54, 1.807) is 6.07 Å². The molecule has 128 valence electrons. The first-order chi connectivity index (χ1) is 10.6. The fourth-order valence-corrected chi connectivity index (χ4v) is 4.14. The highest BCUT2D eigenvalue weighted by atomic mass is 35.5. The van der Waals surface area contributed by atoms with Crippen LogP contribution in [0.4, 0.5) is 5.69 Å². The summed E-state index contributed by atoms with van der Waals surface area (Å²) in [6, 6.07) is 5.67. The van der Waals surface area contributed by atoms with Crippen LogP contribution in [0, 0.1) is 17.8 Å². The van der Waals surface area contributed by atoms with Crippen LogP contribution in [0.25, 0.3) is 0 Å². The lowest BCUT2D eigenvalue weighted by atomic mass is 9.65. The third-order valence-electron chi connectivity index (χ3n) is 5.51. The minimum atomic E-state index is 0. The quantitative estimate of drug-likeness (QED) is 0.739. The Hall–Kier alpha value is -1.26. The van der Waals surface area contributed by atoms with Gasteiger partial charge in [0.1, 0.15) is 5.75 Å². The molecule has 0 saturated heterocycles. The van der Waals surface area contributed by atoms with Gasteiger partial charge in [0.15, 0.2) is 0 Å². The molecule has 2 bridgehead atoms. The van der Waals surface area contributed by atoms with E-state index in [1.807, 2.05) is 12.1 Å². The van der Waals surface area contributed by atoms with Crippen molar-refractivity contribution >= 4 is 24.0 Å². The highest BCUT2D eigenvalue weighted by molar-refractivity contribution is 5.94. The van der Waals surface area contributed by atoms with Gasteiger partial charge in [-0.1, -0.05) is 19.4 Å². The molecule has 4 N–H and O–H groups in total. The number of halogens is 1. The fraction of sp³-hybridized carbons (Fsp3) is 0.611. The van der Waals surface area contributed by atoms with E-state index >= 15 is 0 Å². The van der Waals surface area contributed by atoms with E-state index in [0.717, 1.165) is 37.7 Å². The Morgan fingerprint density at radius 2 is 1.96 bits per heavy atom. The number of hydrogen-bond acceptors (Lipinski definition) is 3. The Morgan fingerprint density at radius 1 is 1.30 bits per heavy atom. The van der Waals surface area contributed by atoms with Crippen molar-refractivity contribution in [1.29, 1.82) is 0 Å². The molecular formula is C18H27ClN2O2. The summed E-state index contributed by atoms with van der Waals surface area (Å²) in [6.07, 6.45) is 6.20. The van der Waals surface area contributed by atoms with E-state index in [2.05, 4.69) is 12.2 Å². The van der Waals surface area contributed by atoms with Crippen LogP contribution in [0.3, 0.4) is 0 Å². The molecule has 2 unspecified atom stereocenters. The molecule has 2 aliphatic carbocycles. The number of amides is 1. The van der Waals surface area contributed by atoms with Crippen molar-refractivity contribution in [2.24, 2.45) is 23.5 Å². The van der Waals surface area contributed by atoms with Gasteiger partial charge in [-0.3, -0.25) is 4.79 Å². The number of anilines is 1. The minimum absolute atomic E-state index is 0. The number of carbonyl (C=O) groups excluding carboxylic acids is 1. The largest absolute Gasteiger partial charge is 0.506 e. The fourth-order valence-electron chi connectivity index (χ4n) is 4.14. The van der Waals surface area contributed by atoms with E-state index < -0.39 is 0 Å². The van der Waals surface area contributed by atoms with Crippen molar-refractivity contribution in [3.8, 4) is 5.75 Å². The summed E-state index contributed by atoms with van der Waals surface area (Å²) in [4.78, 5) is 12.6. The number of aromatic hydroxyl groups is 1. The molecule has 5 heteroatoms. The normalized spacial score (nSPS) is 29.5. The molecule has 0 heterocycles. The van der Waals surface area contributed by atoms with Crippen LogP contribution in [-0.2, 0) is 11.2 Å². The molecule has 2 saturated carbocycles. The van der Waals surface area contributed by atoms with Crippen LogP contribution < -0.4 is 11.1 Å². The van der Waals surface area contributed by atoms with Crippen molar-refractivity contribution in [2.75, 3.05) is 5.32 Å². The standard InChI is InChI=1S/C18H26N2O2.ClH/c1-2-11-6-7-16(21)15(8-11)20-18(22)14-9-12-4-3-5-13(10-14)17(12)19;/h6-8,12-14,17,21H,2-5,9-10,19H2,1H3,(H,20,22);1H. The van der Waals surface area contributed by atoms with Crippen LogP contribution in [0.15, 0.2) is 18.2 Å². The van der Waals surface area contributed by atoms with Crippen LogP contribution in [0.1, 0.15) is 44.6 Å². The number of carbonyl (C=O) groups is 1. The minimum Gasteiger partial charge on any atom is -0.506 e. The average Bonchev–Trinajstić information content (AvgIpc) is 2.49. The summed E-state index contributed by atoms with van der Waals surface area (Å²) in [6.45, 7) is 2.06. The van der Waals surface area contributed by atoms with Gasteiger partial charge in [-0.05, 0) is 61.6 Å². The molecule has 2 fully saturated rings. The number of phenols is 1. The Balaban J connectivity index is 0.00000192. The van der Waals surface area contributed by atoms with Gasteiger partial charge in [-0.2, -0.15) is 0 Å². The number of phenolic OH excluding ortho intramolecular Hbond substituents is 1. The molecule has 2 aliphatic rings. The van der Waals surface area contributed by atoms with Gasteiger partial charge >= 0.3 is 0 Å². The molecule has 1 aromatic rings. The van der Waals surface area contributed by atoms with Gasteiger partial charge in [-0.25, -0.2) is 0 Å². The van der Waals surface area contributed by atoms with E-state index in [-0.39, 0.29) is 36.0 Å². The van der Waals surface area contributed by atoms with Gasteiger partial charge in [0, 0.05) is 12.0 Å². The lowest BCUT2D eigenvalue weighted by Crippen LogP contribution is -2.48. The predicted octanol–water partition coefficient (Wildman–Crippen LogP) is 3.47. The van der Waals surface area contributed by atoms with Gasteiger partial charge in [0.25, 0.3) is 0 Å². The maximum atomic E-state index is 12.6. The van der Waals surface area contributed by atoms with Gasteiger partial charge in [-0.15, -0.1) is 12.4 Å². The summed E-state index contributed by atoms with van der Waals surface area (Å²) >= 11 is 0. The van der Waals surface area contributed by atoms with E-state index in [1.165, 1.54) is 6.42 Å². The number of rotatable bonds is 3. The lowest BCUT2D eigenvalue weighted by Gasteiger charge is -2.43. The molecule has 0 aliphatic heterocycles. The molecular weight excluding hydrogens is 312 g/mol. The molecule has 0 aromatic heterocycles. The smallest absolute Gasteiger partial charge is 0.227 e. The topological polar surface area (TPSA) is 75.3 Å². The van der Waals surface area contributed by atoms with E-state index in [9.17, 15) is 9.90 Å². The van der Waals surface area contributed by atoms with Crippen molar-refractivity contribution in [2.45, 2.75) is 51.5 Å². The van der Waals surface area contributed by atoms with Crippen LogP contribution in [-0.4, -0.2) is 17.1 Å². The first-order valence-corrected chi connectivity index (χ1v) is 8.46. The second-order valence-corrected chi connectivity index (χ2v) is 6.89. The van der Waals surface area contributed by atoms with Gasteiger partial charge < -0.3 is 16.2 Å².